The van der Waals surface area contributed by atoms with Crippen molar-refractivity contribution in [1.29, 1.82) is 0 Å². The van der Waals surface area contributed by atoms with Crippen molar-refractivity contribution in [2.45, 2.75) is 31.2 Å². The molecule has 0 saturated carbocycles. The quantitative estimate of drug-likeness (QED) is 0.621. The molecule has 4 rings (SSSR count). The summed E-state index contributed by atoms with van der Waals surface area (Å²) in [6, 6.07) is 15.9. The molecule has 1 N–H and O–H groups in total. The van der Waals surface area contributed by atoms with Crippen LogP contribution in [-0.4, -0.2) is 56.0 Å². The lowest BCUT2D eigenvalue weighted by atomic mass is 9.88. The lowest BCUT2D eigenvalue weighted by Crippen LogP contribution is -2.45. The Kier molecular flexibility index (Phi) is 6.33. The van der Waals surface area contributed by atoms with Gasteiger partial charge in [0.05, 0.1) is 0 Å². The maximum absolute atomic E-state index is 4.61. The molecule has 3 atom stereocenters. The summed E-state index contributed by atoms with van der Waals surface area (Å²) in [5.74, 6) is 2.30. The van der Waals surface area contributed by atoms with Crippen molar-refractivity contribution in [1.82, 2.24) is 15.1 Å². The van der Waals surface area contributed by atoms with E-state index in [-0.39, 0.29) is 0 Å². The molecule has 1 aromatic heterocycles. The Morgan fingerprint density at radius 2 is 2.00 bits per heavy atom. The van der Waals surface area contributed by atoms with Crippen molar-refractivity contribution < 1.29 is 0 Å². The van der Waals surface area contributed by atoms with Crippen molar-refractivity contribution in [2.75, 3.05) is 40.3 Å². The molecule has 2 aromatic rings. The van der Waals surface area contributed by atoms with Crippen molar-refractivity contribution in [2.24, 2.45) is 10.9 Å². The third-order valence-corrected chi connectivity index (χ3v) is 7.28. The Balaban J connectivity index is 1.38. The van der Waals surface area contributed by atoms with Crippen LogP contribution in [-0.2, 0) is 0 Å². The molecule has 2 saturated heterocycles. The van der Waals surface area contributed by atoms with Gasteiger partial charge in [0.25, 0.3) is 0 Å². The number of thiophene rings is 1. The first kappa shape index (κ1) is 19.5. The average molecular weight is 397 g/mol. The van der Waals surface area contributed by atoms with Crippen molar-refractivity contribution in [3.8, 4) is 0 Å². The van der Waals surface area contributed by atoms with Gasteiger partial charge in [0.1, 0.15) is 0 Å². The van der Waals surface area contributed by atoms with Crippen LogP contribution in [0.3, 0.4) is 0 Å². The minimum Gasteiger partial charge on any atom is -0.356 e. The Labute approximate surface area is 173 Å². The zero-order valence-electron chi connectivity index (χ0n) is 17.1. The number of hydrogen-bond acceptors (Lipinski definition) is 3. The first-order valence-corrected chi connectivity index (χ1v) is 11.4. The van der Waals surface area contributed by atoms with Crippen LogP contribution in [0.25, 0.3) is 0 Å². The molecule has 2 fully saturated rings. The minimum atomic E-state index is 0.523. The molecule has 5 heteroatoms. The number of piperidine rings is 1. The fraction of sp³-hybridized carbons (Fsp3) is 0.522. The third kappa shape index (κ3) is 4.26. The Morgan fingerprint density at radius 1 is 1.14 bits per heavy atom. The van der Waals surface area contributed by atoms with E-state index in [0.29, 0.717) is 17.9 Å². The van der Waals surface area contributed by atoms with Crippen LogP contribution in [0.2, 0.25) is 0 Å². The first-order chi connectivity index (χ1) is 13.8. The van der Waals surface area contributed by atoms with Gasteiger partial charge in [-0.05, 0) is 55.8 Å². The number of nitrogens with one attached hydrogen (secondary N) is 1. The molecule has 0 radical (unpaired) electrons. The smallest absolute Gasteiger partial charge is 0.193 e. The second kappa shape index (κ2) is 9.10. The fourth-order valence-electron chi connectivity index (χ4n) is 4.89. The average Bonchev–Trinajstić information content (AvgIpc) is 3.42. The summed E-state index contributed by atoms with van der Waals surface area (Å²) in [6.45, 7) is 4.32. The van der Waals surface area contributed by atoms with Gasteiger partial charge in [0.15, 0.2) is 5.96 Å². The molecule has 2 aliphatic heterocycles. The maximum Gasteiger partial charge on any atom is 0.193 e. The van der Waals surface area contributed by atoms with E-state index in [4.69, 9.17) is 0 Å². The first-order valence-electron chi connectivity index (χ1n) is 10.5. The summed E-state index contributed by atoms with van der Waals surface area (Å²) in [6.07, 6.45) is 3.77. The van der Waals surface area contributed by atoms with Gasteiger partial charge in [-0.2, -0.15) is 0 Å². The monoisotopic (exact) mass is 396 g/mol. The Morgan fingerprint density at radius 3 is 2.75 bits per heavy atom. The number of likely N-dealkylation sites (tertiary alicyclic amines) is 2. The van der Waals surface area contributed by atoms with E-state index in [1.54, 1.807) is 0 Å². The largest absolute Gasteiger partial charge is 0.356 e. The fourth-order valence-corrected chi connectivity index (χ4v) is 5.87. The molecule has 28 heavy (non-hydrogen) atoms. The van der Waals surface area contributed by atoms with Gasteiger partial charge in [-0.15, -0.1) is 11.3 Å². The lowest BCUT2D eigenvalue weighted by molar-refractivity contribution is 0.124. The predicted molar refractivity (Wildman–Crippen MR) is 119 cm³/mol. The zero-order valence-corrected chi connectivity index (χ0v) is 17.9. The molecule has 150 valence electrons. The van der Waals surface area contributed by atoms with E-state index >= 15 is 0 Å². The molecule has 0 amide bonds. The number of benzene rings is 1. The SMILES string of the molecule is CN=C(NCC1CCCN(C)C1c1cccs1)N1CCC(c2ccccc2)C1. The van der Waals surface area contributed by atoms with Crippen molar-refractivity contribution in [3.05, 3.63) is 58.3 Å². The second-order valence-corrected chi connectivity index (χ2v) is 9.09. The van der Waals surface area contributed by atoms with Crippen molar-refractivity contribution >= 4 is 17.3 Å². The molecular formula is C23H32N4S. The van der Waals surface area contributed by atoms with Gasteiger partial charge in [-0.3, -0.25) is 9.89 Å². The molecule has 3 unspecified atom stereocenters. The van der Waals surface area contributed by atoms with Crippen LogP contribution in [0, 0.1) is 5.92 Å². The van der Waals surface area contributed by atoms with Crippen LogP contribution < -0.4 is 5.32 Å². The molecule has 4 nitrogen and oxygen atoms in total. The van der Waals surface area contributed by atoms with E-state index in [2.05, 4.69) is 75.0 Å². The van der Waals surface area contributed by atoms with E-state index in [1.165, 1.54) is 36.2 Å². The summed E-state index contributed by atoms with van der Waals surface area (Å²) in [5, 5.41) is 5.92. The standard InChI is InChI=1S/C23H32N4S/c1-24-23(27-14-12-20(17-27)18-8-4-3-5-9-18)25-16-19-10-6-13-26(2)22(19)21-11-7-15-28-21/h3-5,7-9,11,15,19-20,22H,6,10,12-14,16-17H2,1-2H3,(H,24,25). The maximum atomic E-state index is 4.61. The molecule has 0 bridgehead atoms. The molecule has 1 aromatic carbocycles. The van der Waals surface area contributed by atoms with Crippen LogP contribution in [0.1, 0.15) is 41.7 Å². The highest BCUT2D eigenvalue weighted by atomic mass is 32.1. The number of rotatable bonds is 4. The molecule has 0 aliphatic carbocycles. The number of guanidine groups is 1. The molecular weight excluding hydrogens is 364 g/mol. The summed E-state index contributed by atoms with van der Waals surface area (Å²) in [4.78, 5) is 11.1. The van der Waals surface area contributed by atoms with Gasteiger partial charge in [0, 0.05) is 43.5 Å². The summed E-state index contributed by atoms with van der Waals surface area (Å²) in [5.41, 5.74) is 1.45. The van der Waals surface area contributed by atoms with Gasteiger partial charge >= 0.3 is 0 Å². The van der Waals surface area contributed by atoms with Crippen LogP contribution in [0.4, 0.5) is 0 Å². The highest BCUT2D eigenvalue weighted by Crippen LogP contribution is 2.37. The highest BCUT2D eigenvalue weighted by molar-refractivity contribution is 7.10. The van der Waals surface area contributed by atoms with Gasteiger partial charge < -0.3 is 10.2 Å². The minimum absolute atomic E-state index is 0.523. The topological polar surface area (TPSA) is 30.9 Å². The van der Waals surface area contributed by atoms with Crippen molar-refractivity contribution in [3.63, 3.8) is 0 Å². The van der Waals surface area contributed by atoms with E-state index < -0.39 is 0 Å². The van der Waals surface area contributed by atoms with Crippen LogP contribution in [0.15, 0.2) is 52.8 Å². The predicted octanol–water partition coefficient (Wildman–Crippen LogP) is 4.20. The Hall–Kier alpha value is -1.85. The van der Waals surface area contributed by atoms with Gasteiger partial charge in [0.2, 0.25) is 0 Å². The summed E-state index contributed by atoms with van der Waals surface area (Å²) < 4.78 is 0. The van der Waals surface area contributed by atoms with Gasteiger partial charge in [-0.25, -0.2) is 0 Å². The normalized spacial score (nSPS) is 26.6. The van der Waals surface area contributed by atoms with Crippen LogP contribution >= 0.6 is 11.3 Å². The molecule has 3 heterocycles. The lowest BCUT2D eigenvalue weighted by Gasteiger charge is -2.39. The zero-order chi connectivity index (χ0) is 19.3. The number of nitrogens with zero attached hydrogens (tertiary/aromatic N) is 3. The Bertz CT molecular complexity index is 758. The van der Waals surface area contributed by atoms with E-state index in [1.807, 2.05) is 18.4 Å². The second-order valence-electron chi connectivity index (χ2n) is 8.11. The summed E-state index contributed by atoms with van der Waals surface area (Å²) >= 11 is 1.89. The highest BCUT2D eigenvalue weighted by Gasteiger charge is 2.32. The number of aliphatic imine (C=N–C) groups is 1. The van der Waals surface area contributed by atoms with Crippen LogP contribution in [0.5, 0.6) is 0 Å². The molecule has 0 spiro atoms. The molecule has 2 aliphatic rings. The van der Waals surface area contributed by atoms with E-state index in [9.17, 15) is 0 Å². The number of hydrogen-bond donors (Lipinski definition) is 1. The van der Waals surface area contributed by atoms with E-state index in [0.717, 1.165) is 25.6 Å². The van der Waals surface area contributed by atoms with Gasteiger partial charge in [-0.1, -0.05) is 36.4 Å². The summed E-state index contributed by atoms with van der Waals surface area (Å²) in [7, 11) is 4.19. The third-order valence-electron chi connectivity index (χ3n) is 6.33.